The van der Waals surface area contributed by atoms with Gasteiger partial charge in [0.1, 0.15) is 0 Å². The summed E-state index contributed by atoms with van der Waals surface area (Å²) in [6.07, 6.45) is 13.6. The molecule has 0 radical (unpaired) electrons. The molecule has 15 unspecified atom stereocenters. The lowest BCUT2D eigenvalue weighted by molar-refractivity contribution is -0.156. The van der Waals surface area contributed by atoms with E-state index in [0.29, 0.717) is 54.9 Å². The second-order valence-corrected chi connectivity index (χ2v) is 15.6. The number of carbonyl (C=O) groups is 2. The lowest BCUT2D eigenvalue weighted by Crippen LogP contribution is -2.45. The predicted molar refractivity (Wildman–Crippen MR) is 145 cm³/mol. The Balaban J connectivity index is 0.000000132. The minimum absolute atomic E-state index is 0.166. The van der Waals surface area contributed by atoms with E-state index in [1.807, 2.05) is 6.92 Å². The predicted octanol–water partition coefficient (Wildman–Crippen LogP) is 5.06. The number of carboxylic acids is 2. The highest BCUT2D eigenvalue weighted by atomic mass is 16.6. The topological polar surface area (TPSA) is 125 Å². The molecule has 0 aromatic heterocycles. The maximum absolute atomic E-state index is 12.0. The van der Waals surface area contributed by atoms with E-state index in [9.17, 15) is 19.8 Å². The van der Waals surface area contributed by atoms with Gasteiger partial charge in [0.2, 0.25) is 0 Å². The largest absolute Gasteiger partial charge is 0.481 e. The van der Waals surface area contributed by atoms with Gasteiger partial charge in [-0.1, -0.05) is 20.8 Å². The van der Waals surface area contributed by atoms with Crippen molar-refractivity contribution < 1.29 is 38.7 Å². The Bertz CT molecular complexity index is 1050. The van der Waals surface area contributed by atoms with E-state index in [4.69, 9.17) is 18.9 Å². The van der Waals surface area contributed by atoms with Crippen molar-refractivity contribution in [3.63, 3.8) is 0 Å². The molecule has 4 saturated carbocycles. The number of carboxylic acid groups (broad SMARTS) is 2. The summed E-state index contributed by atoms with van der Waals surface area (Å²) in [7, 11) is 0. The molecule has 8 heteroatoms. The number of rotatable bonds is 6. The van der Waals surface area contributed by atoms with Gasteiger partial charge in [0.25, 0.3) is 0 Å². The lowest BCUT2D eigenvalue weighted by Gasteiger charge is -2.42. The summed E-state index contributed by atoms with van der Waals surface area (Å²) in [5.41, 5.74) is -0.951. The Morgan fingerprint density at radius 3 is 2.10 bits per heavy atom. The molecule has 8 nitrogen and oxygen atoms in total. The van der Waals surface area contributed by atoms with Crippen LogP contribution in [-0.2, 0) is 28.5 Å². The van der Waals surface area contributed by atoms with E-state index in [1.165, 1.54) is 0 Å². The minimum atomic E-state index is -0.642. The Morgan fingerprint density at radius 1 is 0.725 bits per heavy atom. The number of fused-ring (bicyclic) bond motifs is 4. The monoisotopic (exact) mass is 560 g/mol. The SMILES string of the molecule is CC1(CC2C3OC3CCC2(C)C(=O)O)CCC2OC2C1.CC1CC2OC2CC1CC1(C(=O)O)CC2OC2CC1C. The van der Waals surface area contributed by atoms with E-state index in [-0.39, 0.29) is 29.5 Å². The number of hydrogen-bond acceptors (Lipinski definition) is 6. The summed E-state index contributed by atoms with van der Waals surface area (Å²) in [6, 6.07) is 0. The summed E-state index contributed by atoms with van der Waals surface area (Å²) in [4.78, 5) is 23.8. The molecule has 8 fully saturated rings. The number of hydrogen-bond donors (Lipinski definition) is 2. The van der Waals surface area contributed by atoms with Crippen molar-refractivity contribution in [3.8, 4) is 0 Å². The van der Waals surface area contributed by atoms with Crippen molar-refractivity contribution in [2.24, 2.45) is 39.9 Å². The van der Waals surface area contributed by atoms with Gasteiger partial charge in [-0.2, -0.15) is 0 Å². The van der Waals surface area contributed by atoms with Crippen molar-refractivity contribution in [2.75, 3.05) is 0 Å². The van der Waals surface area contributed by atoms with Crippen LogP contribution in [0.4, 0.5) is 0 Å². The van der Waals surface area contributed by atoms with Gasteiger partial charge in [-0.3, -0.25) is 9.59 Å². The number of epoxide rings is 4. The molecule has 0 amide bonds. The summed E-state index contributed by atoms with van der Waals surface area (Å²) in [5.74, 6) is 0.210. The second-order valence-electron chi connectivity index (χ2n) is 15.6. The standard InChI is InChI=1S/2C16H24O4/c1-8-3-11-13(19-11)5-10(8)6-16(15(17)18)7-14-12(20-14)4-9(16)2;1-15(5-3-10-12(8-15)19-10)7-9-13-11(20-13)4-6-16(9,2)14(17)18/h8-14H,3-7H2,1-2H3,(H,17,18);9-13H,3-8H2,1-2H3,(H,17,18). The van der Waals surface area contributed by atoms with Gasteiger partial charge in [-0.25, -0.2) is 0 Å². The highest BCUT2D eigenvalue weighted by Gasteiger charge is 2.62. The first-order valence-electron chi connectivity index (χ1n) is 16.0. The lowest BCUT2D eigenvalue weighted by atomic mass is 9.60. The quantitative estimate of drug-likeness (QED) is 0.432. The molecule has 0 bridgehead atoms. The average molecular weight is 561 g/mol. The zero-order valence-electron chi connectivity index (χ0n) is 24.6. The fourth-order valence-corrected chi connectivity index (χ4v) is 9.55. The summed E-state index contributed by atoms with van der Waals surface area (Å²) >= 11 is 0. The molecule has 8 rings (SSSR count). The normalized spacial score (nSPS) is 56.6. The first kappa shape index (κ1) is 27.6. The summed E-state index contributed by atoms with van der Waals surface area (Å²) in [6.45, 7) is 8.62. The van der Waals surface area contributed by atoms with Crippen LogP contribution in [0.15, 0.2) is 0 Å². The number of ether oxygens (including phenoxy) is 4. The van der Waals surface area contributed by atoms with E-state index >= 15 is 0 Å². The molecule has 224 valence electrons. The van der Waals surface area contributed by atoms with E-state index in [2.05, 4.69) is 20.8 Å². The van der Waals surface area contributed by atoms with Gasteiger partial charge in [0, 0.05) is 5.92 Å². The van der Waals surface area contributed by atoms with Gasteiger partial charge < -0.3 is 29.2 Å². The van der Waals surface area contributed by atoms with E-state index in [0.717, 1.165) is 64.2 Å². The van der Waals surface area contributed by atoms with Gasteiger partial charge in [-0.05, 0) is 101 Å². The molecule has 2 N–H and O–H groups in total. The molecule has 4 aliphatic carbocycles. The zero-order valence-corrected chi connectivity index (χ0v) is 24.6. The third kappa shape index (κ3) is 4.83. The average Bonchev–Trinajstić information content (AvgIpc) is 3.71. The van der Waals surface area contributed by atoms with Gasteiger partial charge in [0.05, 0.1) is 59.7 Å². The van der Waals surface area contributed by atoms with Crippen LogP contribution < -0.4 is 0 Å². The second kappa shape index (κ2) is 9.39. The molecule has 4 heterocycles. The Labute approximate surface area is 237 Å². The van der Waals surface area contributed by atoms with Gasteiger partial charge in [-0.15, -0.1) is 0 Å². The van der Waals surface area contributed by atoms with Crippen LogP contribution in [0.2, 0.25) is 0 Å². The molecule has 4 aliphatic heterocycles. The smallest absolute Gasteiger partial charge is 0.310 e. The van der Waals surface area contributed by atoms with E-state index in [1.54, 1.807) is 0 Å². The van der Waals surface area contributed by atoms with Crippen molar-refractivity contribution in [1.82, 2.24) is 0 Å². The van der Waals surface area contributed by atoms with Gasteiger partial charge >= 0.3 is 11.9 Å². The van der Waals surface area contributed by atoms with Crippen LogP contribution in [0.3, 0.4) is 0 Å². The maximum Gasteiger partial charge on any atom is 0.310 e. The third-order valence-electron chi connectivity index (χ3n) is 12.9. The zero-order chi connectivity index (χ0) is 28.2. The third-order valence-corrected chi connectivity index (χ3v) is 12.9. The fourth-order valence-electron chi connectivity index (χ4n) is 9.55. The maximum atomic E-state index is 12.0. The highest BCUT2D eigenvalue weighted by molar-refractivity contribution is 5.76. The molecule has 8 aliphatic rings. The summed E-state index contributed by atoms with van der Waals surface area (Å²) < 4.78 is 22.7. The first-order chi connectivity index (χ1) is 18.9. The van der Waals surface area contributed by atoms with E-state index < -0.39 is 22.8 Å². The number of aliphatic carboxylic acids is 2. The van der Waals surface area contributed by atoms with Crippen molar-refractivity contribution in [2.45, 2.75) is 147 Å². The molecular formula is C32H48O8. The van der Waals surface area contributed by atoms with Crippen molar-refractivity contribution in [3.05, 3.63) is 0 Å². The Morgan fingerprint density at radius 2 is 1.38 bits per heavy atom. The van der Waals surface area contributed by atoms with Crippen LogP contribution in [0.5, 0.6) is 0 Å². The highest BCUT2D eigenvalue weighted by Crippen LogP contribution is 2.58. The minimum Gasteiger partial charge on any atom is -0.481 e. The van der Waals surface area contributed by atoms with Crippen LogP contribution in [0.25, 0.3) is 0 Å². The van der Waals surface area contributed by atoms with Crippen LogP contribution in [-0.4, -0.2) is 71.0 Å². The Kier molecular flexibility index (Phi) is 6.48. The molecule has 4 saturated heterocycles. The molecular weight excluding hydrogens is 512 g/mol. The van der Waals surface area contributed by atoms with Crippen LogP contribution in [0, 0.1) is 39.9 Å². The van der Waals surface area contributed by atoms with Crippen molar-refractivity contribution >= 4 is 11.9 Å². The molecule has 0 aromatic carbocycles. The first-order valence-corrected chi connectivity index (χ1v) is 16.0. The molecule has 0 spiro atoms. The fraction of sp³-hybridized carbons (Fsp3) is 0.938. The molecule has 15 atom stereocenters. The molecule has 0 aromatic rings. The van der Waals surface area contributed by atoms with Crippen LogP contribution in [0.1, 0.15) is 98.3 Å². The molecule has 40 heavy (non-hydrogen) atoms. The summed E-state index contributed by atoms with van der Waals surface area (Å²) in [5, 5.41) is 19.6. The Hall–Kier alpha value is -1.22. The van der Waals surface area contributed by atoms with Gasteiger partial charge in [0.15, 0.2) is 0 Å². The van der Waals surface area contributed by atoms with Crippen molar-refractivity contribution in [1.29, 1.82) is 0 Å². The van der Waals surface area contributed by atoms with Crippen LogP contribution >= 0.6 is 0 Å².